The SMILES string of the molecule is COC(=O)[C@@H]1C[C@H](OC(C)=O)C(=O)[C@H]2[C@@]1(C)CCC1C(=O)O[C@@H](c3ccoc3)C[C@@]12C. The van der Waals surface area contributed by atoms with E-state index in [-0.39, 0.29) is 18.2 Å². The second-order valence-corrected chi connectivity index (χ2v) is 9.53. The fourth-order valence-corrected chi connectivity index (χ4v) is 6.46. The van der Waals surface area contributed by atoms with Crippen molar-refractivity contribution < 1.29 is 37.8 Å². The van der Waals surface area contributed by atoms with Crippen LogP contribution in [0.25, 0.3) is 0 Å². The molecule has 0 amide bonds. The van der Waals surface area contributed by atoms with Crippen LogP contribution in [0.5, 0.6) is 0 Å². The van der Waals surface area contributed by atoms with Crippen LogP contribution in [0.1, 0.15) is 58.1 Å². The van der Waals surface area contributed by atoms with Crippen LogP contribution in [0.3, 0.4) is 0 Å². The van der Waals surface area contributed by atoms with Crippen molar-refractivity contribution >= 4 is 23.7 Å². The van der Waals surface area contributed by atoms with Crippen molar-refractivity contribution in [1.82, 2.24) is 0 Å². The van der Waals surface area contributed by atoms with Crippen molar-refractivity contribution in [2.45, 2.75) is 58.7 Å². The van der Waals surface area contributed by atoms with Crippen LogP contribution in [-0.4, -0.2) is 36.9 Å². The van der Waals surface area contributed by atoms with Gasteiger partial charge in [0.05, 0.1) is 31.5 Å². The van der Waals surface area contributed by atoms with Crippen molar-refractivity contribution in [2.75, 3.05) is 7.11 Å². The van der Waals surface area contributed by atoms with E-state index in [4.69, 9.17) is 18.6 Å². The average Bonchev–Trinajstić information content (AvgIpc) is 3.23. The number of hydrogen-bond donors (Lipinski definition) is 0. The van der Waals surface area contributed by atoms with E-state index in [1.54, 1.807) is 6.07 Å². The summed E-state index contributed by atoms with van der Waals surface area (Å²) in [6.45, 7) is 5.09. The van der Waals surface area contributed by atoms with Crippen molar-refractivity contribution in [2.24, 2.45) is 28.6 Å². The molecule has 7 atom stereocenters. The zero-order valence-electron chi connectivity index (χ0n) is 18.2. The molecule has 168 valence electrons. The van der Waals surface area contributed by atoms with Crippen LogP contribution < -0.4 is 0 Å². The van der Waals surface area contributed by atoms with Crippen LogP contribution in [0.4, 0.5) is 0 Å². The van der Waals surface area contributed by atoms with Crippen molar-refractivity contribution in [1.29, 1.82) is 0 Å². The molecule has 2 saturated carbocycles. The maximum atomic E-state index is 13.7. The summed E-state index contributed by atoms with van der Waals surface area (Å²) in [7, 11) is 1.32. The maximum absolute atomic E-state index is 13.7. The fourth-order valence-electron chi connectivity index (χ4n) is 6.46. The monoisotopic (exact) mass is 432 g/mol. The van der Waals surface area contributed by atoms with Gasteiger partial charge < -0.3 is 18.6 Å². The topological polar surface area (TPSA) is 109 Å². The molecule has 31 heavy (non-hydrogen) atoms. The number of esters is 3. The van der Waals surface area contributed by atoms with Gasteiger partial charge in [-0.05, 0) is 36.2 Å². The Morgan fingerprint density at radius 1 is 1.19 bits per heavy atom. The highest BCUT2D eigenvalue weighted by Crippen LogP contribution is 2.65. The lowest BCUT2D eigenvalue weighted by atomic mass is 9.43. The van der Waals surface area contributed by atoms with Gasteiger partial charge in [-0.25, -0.2) is 0 Å². The number of ether oxygens (including phenoxy) is 3. The van der Waals surface area contributed by atoms with E-state index >= 15 is 0 Å². The number of carbonyl (C=O) groups excluding carboxylic acids is 4. The predicted molar refractivity (Wildman–Crippen MR) is 105 cm³/mol. The summed E-state index contributed by atoms with van der Waals surface area (Å²) in [4.78, 5) is 51.2. The molecule has 3 fully saturated rings. The molecule has 0 radical (unpaired) electrons. The van der Waals surface area contributed by atoms with E-state index in [2.05, 4.69) is 0 Å². The first-order chi connectivity index (χ1) is 14.6. The summed E-state index contributed by atoms with van der Waals surface area (Å²) in [5.41, 5.74) is -0.763. The van der Waals surface area contributed by atoms with Crippen molar-refractivity contribution in [3.8, 4) is 0 Å². The minimum absolute atomic E-state index is 0.0917. The Labute approximate surface area is 180 Å². The van der Waals surface area contributed by atoms with Gasteiger partial charge in [-0.2, -0.15) is 0 Å². The van der Waals surface area contributed by atoms with Gasteiger partial charge in [0.1, 0.15) is 6.10 Å². The molecule has 1 aromatic heterocycles. The minimum atomic E-state index is -1.04. The lowest BCUT2D eigenvalue weighted by Gasteiger charge is -2.60. The molecule has 0 spiro atoms. The Kier molecular flexibility index (Phi) is 5.22. The molecule has 0 N–H and O–H groups in total. The lowest BCUT2D eigenvalue weighted by molar-refractivity contribution is -0.210. The van der Waals surface area contributed by atoms with Crippen LogP contribution in [0.2, 0.25) is 0 Å². The first-order valence-corrected chi connectivity index (χ1v) is 10.6. The molecule has 2 heterocycles. The van der Waals surface area contributed by atoms with Gasteiger partial charge in [0.15, 0.2) is 11.9 Å². The predicted octanol–water partition coefficient (Wildman–Crippen LogP) is 3.00. The number of methoxy groups -OCH3 is 1. The third-order valence-corrected chi connectivity index (χ3v) is 7.81. The van der Waals surface area contributed by atoms with Gasteiger partial charge in [0.2, 0.25) is 0 Å². The molecule has 1 saturated heterocycles. The molecule has 0 aromatic carbocycles. The number of rotatable bonds is 3. The van der Waals surface area contributed by atoms with Crippen LogP contribution in [-0.2, 0) is 33.4 Å². The van der Waals surface area contributed by atoms with Crippen molar-refractivity contribution in [3.05, 3.63) is 24.2 Å². The number of Topliss-reactive ketones (excluding diaryl/α,β-unsaturated/α-hetero) is 1. The molecule has 8 nitrogen and oxygen atoms in total. The Balaban J connectivity index is 1.80. The number of fused-ring (bicyclic) bond motifs is 3. The summed E-state index contributed by atoms with van der Waals surface area (Å²) in [6.07, 6.45) is 2.98. The standard InChI is InChI=1S/C23H28O8/c1-12(24)30-16-9-15(20(26)28-4)22(2)7-5-14-21(27)31-17(13-6-8-29-11-13)10-23(14,3)19(22)18(16)25/h6,8,11,14-17,19H,5,7,9-10H2,1-4H3/t14?,15-,16-,17+,19-,22-,23-/m0/s1. The van der Waals surface area contributed by atoms with Crippen LogP contribution >= 0.6 is 0 Å². The summed E-state index contributed by atoms with van der Waals surface area (Å²) >= 11 is 0. The molecule has 1 aromatic rings. The average molecular weight is 432 g/mol. The molecule has 0 bridgehead atoms. The summed E-state index contributed by atoms with van der Waals surface area (Å²) in [6, 6.07) is 1.74. The number of ketones is 1. The van der Waals surface area contributed by atoms with E-state index in [1.165, 1.54) is 26.6 Å². The van der Waals surface area contributed by atoms with E-state index in [9.17, 15) is 19.2 Å². The quantitative estimate of drug-likeness (QED) is 0.530. The van der Waals surface area contributed by atoms with Gasteiger partial charge >= 0.3 is 17.9 Å². The highest BCUT2D eigenvalue weighted by Gasteiger charge is 2.67. The summed E-state index contributed by atoms with van der Waals surface area (Å²) in [5, 5.41) is 0. The molecular formula is C23H28O8. The third kappa shape index (κ3) is 3.27. The van der Waals surface area contributed by atoms with E-state index in [0.29, 0.717) is 19.3 Å². The first-order valence-electron chi connectivity index (χ1n) is 10.6. The summed E-state index contributed by atoms with van der Waals surface area (Å²) < 4.78 is 21.3. The molecule has 1 unspecified atom stereocenters. The van der Waals surface area contributed by atoms with Gasteiger partial charge in [-0.3, -0.25) is 19.2 Å². The Morgan fingerprint density at radius 2 is 1.94 bits per heavy atom. The molecule has 8 heteroatoms. The largest absolute Gasteiger partial charge is 0.472 e. The second kappa shape index (κ2) is 7.50. The number of carbonyl (C=O) groups is 4. The lowest BCUT2D eigenvalue weighted by Crippen LogP contribution is -2.64. The van der Waals surface area contributed by atoms with Crippen molar-refractivity contribution in [3.63, 3.8) is 0 Å². The van der Waals surface area contributed by atoms with Gasteiger partial charge in [0, 0.05) is 24.8 Å². The molecule has 1 aliphatic heterocycles. The number of furan rings is 1. The minimum Gasteiger partial charge on any atom is -0.472 e. The molecule has 3 aliphatic rings. The first kappa shape index (κ1) is 21.6. The zero-order chi connectivity index (χ0) is 22.6. The third-order valence-electron chi connectivity index (χ3n) is 7.81. The molecule has 4 rings (SSSR count). The highest BCUT2D eigenvalue weighted by atomic mass is 16.6. The smallest absolute Gasteiger partial charge is 0.310 e. The fraction of sp³-hybridized carbons (Fsp3) is 0.652. The Hall–Kier alpha value is -2.64. The number of cyclic esters (lactones) is 1. The van der Waals surface area contributed by atoms with Crippen LogP contribution in [0.15, 0.2) is 23.0 Å². The van der Waals surface area contributed by atoms with E-state index < -0.39 is 52.7 Å². The Morgan fingerprint density at radius 3 is 2.55 bits per heavy atom. The van der Waals surface area contributed by atoms with E-state index in [0.717, 1.165) is 5.56 Å². The van der Waals surface area contributed by atoms with Gasteiger partial charge in [-0.1, -0.05) is 13.8 Å². The summed E-state index contributed by atoms with van der Waals surface area (Å²) in [5.74, 6) is -3.35. The Bertz CT molecular complexity index is 905. The second-order valence-electron chi connectivity index (χ2n) is 9.53. The zero-order valence-corrected chi connectivity index (χ0v) is 18.2. The highest BCUT2D eigenvalue weighted by molar-refractivity contribution is 5.93. The van der Waals surface area contributed by atoms with E-state index in [1.807, 2.05) is 13.8 Å². The molecule has 2 aliphatic carbocycles. The number of hydrogen-bond acceptors (Lipinski definition) is 8. The maximum Gasteiger partial charge on any atom is 0.310 e. The van der Waals surface area contributed by atoms with Gasteiger partial charge in [0.25, 0.3) is 0 Å². The normalized spacial score (nSPS) is 39.7. The van der Waals surface area contributed by atoms with Crippen LogP contribution in [0, 0.1) is 28.6 Å². The molecular weight excluding hydrogens is 404 g/mol. The van der Waals surface area contributed by atoms with Gasteiger partial charge in [-0.15, -0.1) is 0 Å².